The molecule has 326 valence electrons. The maximum Gasteiger partial charge on any atom is 0.276 e. The van der Waals surface area contributed by atoms with Crippen LogP contribution in [0.4, 0.5) is 4.39 Å². The predicted molar refractivity (Wildman–Crippen MR) is 235 cm³/mol. The van der Waals surface area contributed by atoms with Crippen molar-refractivity contribution in [1.82, 2.24) is 39.7 Å². The Bertz CT molecular complexity index is 2670. The van der Waals surface area contributed by atoms with E-state index in [9.17, 15) is 33.8 Å². The monoisotopic (exact) mass is 866 g/mol. The molecule has 0 unspecified atom stereocenters. The zero-order valence-corrected chi connectivity index (χ0v) is 36.1. The molecule has 4 heterocycles. The fourth-order valence-corrected chi connectivity index (χ4v) is 8.93. The van der Waals surface area contributed by atoms with E-state index in [-0.39, 0.29) is 28.2 Å². The Labute approximate surface area is 363 Å². The van der Waals surface area contributed by atoms with Crippen molar-refractivity contribution in [3.8, 4) is 11.5 Å². The van der Waals surface area contributed by atoms with Crippen LogP contribution in [0, 0.1) is 12.7 Å². The fourth-order valence-electron chi connectivity index (χ4n) is 8.73. The van der Waals surface area contributed by atoms with Crippen LogP contribution in [-0.2, 0) is 30.6 Å². The molecule has 0 atom stereocenters. The first kappa shape index (κ1) is 45.2. The molecule has 2 aliphatic rings. The number of amides is 2. The van der Waals surface area contributed by atoms with Crippen LogP contribution in [-0.4, -0.2) is 58.2 Å². The third-order valence-electron chi connectivity index (χ3n) is 11.7. The maximum absolute atomic E-state index is 13.3. The first-order valence-corrected chi connectivity index (χ1v) is 21.2. The van der Waals surface area contributed by atoms with Gasteiger partial charge in [0.15, 0.2) is 22.9 Å². The van der Waals surface area contributed by atoms with Gasteiger partial charge in [0.25, 0.3) is 22.7 Å². The number of carbonyl (C=O) groups is 2. The standard InChI is InChI=1S/C23H22ClFN4O3.C21H24N4O3.C2H6/c24-17-11-15(3-4-18(17)25)12-27-22(32)20-21(31)19(30)13-29(28-20)14-23(7-1-2-8-23)16-5-9-26-10-6-16;1-14-6-5-7-15-8-11-25(18(14)15)21(9-3-4-10-21)13-24-12-16(26)19(27)17(23-24)20(28)22-2;1-2/h3-6,9-11,13,30H,1-2,7-8,12,14H2,(H,27,32);5-8,11-12,26H,3-4,9-10,13H2,1-2H3,(H,22,28);1-2H3. The highest BCUT2D eigenvalue weighted by molar-refractivity contribution is 6.30. The lowest BCUT2D eigenvalue weighted by molar-refractivity contribution is 0.0937. The molecule has 0 aliphatic heterocycles. The first-order valence-electron chi connectivity index (χ1n) is 20.9. The summed E-state index contributed by atoms with van der Waals surface area (Å²) >= 11 is 5.77. The Morgan fingerprint density at radius 1 is 0.823 bits per heavy atom. The van der Waals surface area contributed by atoms with E-state index < -0.39 is 45.7 Å². The number of benzene rings is 2. The minimum absolute atomic E-state index is 0.0244. The molecule has 0 radical (unpaired) electrons. The van der Waals surface area contributed by atoms with Gasteiger partial charge in [0.05, 0.1) is 41.6 Å². The molecule has 4 aromatic heterocycles. The number of halogens is 2. The van der Waals surface area contributed by atoms with Crippen LogP contribution in [0.2, 0.25) is 5.02 Å². The second-order valence-electron chi connectivity index (χ2n) is 15.6. The highest BCUT2D eigenvalue weighted by Gasteiger charge is 2.38. The predicted octanol–water partition coefficient (Wildman–Crippen LogP) is 7.15. The zero-order valence-electron chi connectivity index (χ0n) is 35.3. The smallest absolute Gasteiger partial charge is 0.276 e. The van der Waals surface area contributed by atoms with E-state index in [4.69, 9.17) is 11.6 Å². The lowest BCUT2D eigenvalue weighted by Crippen LogP contribution is -2.37. The normalized spacial score (nSPS) is 14.9. The van der Waals surface area contributed by atoms with Gasteiger partial charge in [0, 0.05) is 37.6 Å². The highest BCUT2D eigenvalue weighted by Crippen LogP contribution is 2.43. The lowest BCUT2D eigenvalue weighted by atomic mass is 9.79. The van der Waals surface area contributed by atoms with E-state index in [0.29, 0.717) is 18.7 Å². The van der Waals surface area contributed by atoms with Crippen molar-refractivity contribution in [2.75, 3.05) is 7.05 Å². The van der Waals surface area contributed by atoms with Crippen molar-refractivity contribution in [3.05, 3.63) is 145 Å². The summed E-state index contributed by atoms with van der Waals surface area (Å²) in [5, 5.41) is 34.9. The SMILES string of the molecule is CC.CNC(=O)c1nn(CC2(n3ccc4cccc(C)c43)CCCC2)cc(O)c1=O.O=C(NCc1ccc(F)c(Cl)c1)c1nn(CC2(c3ccncc3)CCCC2)cc(O)c1=O. The summed E-state index contributed by atoms with van der Waals surface area (Å²) in [6.07, 6.45) is 16.3. The van der Waals surface area contributed by atoms with E-state index in [1.807, 2.05) is 26.0 Å². The molecule has 0 saturated heterocycles. The van der Waals surface area contributed by atoms with Crippen molar-refractivity contribution in [2.45, 2.75) is 103 Å². The number of pyridine rings is 1. The highest BCUT2D eigenvalue weighted by atomic mass is 35.5. The van der Waals surface area contributed by atoms with E-state index in [1.54, 1.807) is 12.4 Å². The Kier molecular flexibility index (Phi) is 14.3. The van der Waals surface area contributed by atoms with Gasteiger partial charge >= 0.3 is 0 Å². The van der Waals surface area contributed by atoms with Crippen LogP contribution in [0.15, 0.2) is 95.2 Å². The molecule has 2 amide bonds. The third kappa shape index (κ3) is 9.57. The van der Waals surface area contributed by atoms with Crippen LogP contribution >= 0.6 is 11.6 Å². The van der Waals surface area contributed by atoms with Crippen LogP contribution in [0.1, 0.15) is 103 Å². The Balaban J connectivity index is 0.000000201. The van der Waals surface area contributed by atoms with Crippen molar-refractivity contribution in [3.63, 3.8) is 0 Å². The average Bonchev–Trinajstić information content (AvgIpc) is 4.07. The van der Waals surface area contributed by atoms with Gasteiger partial charge in [0.2, 0.25) is 0 Å². The Hall–Kier alpha value is -6.35. The molecule has 2 saturated carbocycles. The molecule has 0 bridgehead atoms. The summed E-state index contributed by atoms with van der Waals surface area (Å²) in [5.41, 5.74) is 1.36. The average molecular weight is 867 g/mol. The fraction of sp³-hybridized carbons (Fsp3) is 0.370. The first-order chi connectivity index (χ1) is 29.8. The molecule has 8 rings (SSSR count). The lowest BCUT2D eigenvalue weighted by Gasteiger charge is -2.33. The quantitative estimate of drug-likeness (QED) is 0.111. The van der Waals surface area contributed by atoms with Crippen molar-refractivity contribution in [1.29, 1.82) is 0 Å². The van der Waals surface area contributed by atoms with E-state index in [1.165, 1.54) is 63.5 Å². The van der Waals surface area contributed by atoms with Crippen LogP contribution in [0.25, 0.3) is 10.9 Å². The number of fused-ring (bicyclic) bond motifs is 1. The molecular weight excluding hydrogens is 815 g/mol. The molecule has 2 aliphatic carbocycles. The van der Waals surface area contributed by atoms with E-state index in [2.05, 4.69) is 67.8 Å². The molecule has 62 heavy (non-hydrogen) atoms. The van der Waals surface area contributed by atoms with Gasteiger partial charge in [-0.1, -0.05) is 75.4 Å². The Morgan fingerprint density at radius 2 is 1.42 bits per heavy atom. The Morgan fingerprint density at radius 3 is 2.03 bits per heavy atom. The number of rotatable bonds is 10. The number of aryl methyl sites for hydroxylation is 1. The second kappa shape index (κ2) is 19.6. The van der Waals surface area contributed by atoms with Gasteiger partial charge in [-0.05, 0) is 85.0 Å². The summed E-state index contributed by atoms with van der Waals surface area (Å²) in [6.45, 7) is 7.02. The molecular formula is C46H52ClFN8O6. The minimum Gasteiger partial charge on any atom is -0.503 e. The number of aromatic nitrogens is 6. The summed E-state index contributed by atoms with van der Waals surface area (Å²) in [7, 11) is 1.44. The zero-order chi connectivity index (χ0) is 44.6. The number of nitrogens with one attached hydrogen (secondary N) is 2. The molecule has 0 spiro atoms. The summed E-state index contributed by atoms with van der Waals surface area (Å²) < 4.78 is 18.6. The van der Waals surface area contributed by atoms with Crippen molar-refractivity contribution >= 4 is 34.3 Å². The minimum atomic E-state index is -0.847. The second-order valence-corrected chi connectivity index (χ2v) is 16.1. The van der Waals surface area contributed by atoms with Gasteiger partial charge in [-0.2, -0.15) is 10.2 Å². The molecule has 2 fully saturated rings. The summed E-state index contributed by atoms with van der Waals surface area (Å²) in [6, 6.07) is 16.4. The molecule has 16 heteroatoms. The van der Waals surface area contributed by atoms with Gasteiger partial charge in [-0.15, -0.1) is 0 Å². The van der Waals surface area contributed by atoms with Crippen molar-refractivity contribution < 1.29 is 24.2 Å². The number of para-hydroxylation sites is 1. The summed E-state index contributed by atoms with van der Waals surface area (Å²) in [4.78, 5) is 53.2. The van der Waals surface area contributed by atoms with Crippen LogP contribution < -0.4 is 21.5 Å². The largest absolute Gasteiger partial charge is 0.503 e. The van der Waals surface area contributed by atoms with E-state index >= 15 is 0 Å². The molecule has 2 aromatic carbocycles. The molecule has 14 nitrogen and oxygen atoms in total. The van der Waals surface area contributed by atoms with Gasteiger partial charge in [-0.25, -0.2) is 4.39 Å². The van der Waals surface area contributed by atoms with Crippen molar-refractivity contribution in [2.24, 2.45) is 0 Å². The number of carbonyl (C=O) groups excluding carboxylic acids is 2. The number of nitrogens with zero attached hydrogens (tertiary/aromatic N) is 6. The number of hydrogen-bond acceptors (Lipinski definition) is 9. The van der Waals surface area contributed by atoms with Crippen LogP contribution in [0.5, 0.6) is 11.5 Å². The van der Waals surface area contributed by atoms with E-state index in [0.717, 1.165) is 56.9 Å². The topological polar surface area (TPSA) is 186 Å². The number of aromatic hydroxyl groups is 2. The van der Waals surface area contributed by atoms with Gasteiger partial charge in [-0.3, -0.25) is 33.5 Å². The third-order valence-corrected chi connectivity index (χ3v) is 12.0. The van der Waals surface area contributed by atoms with Gasteiger partial charge in [0.1, 0.15) is 5.82 Å². The van der Waals surface area contributed by atoms with Gasteiger partial charge < -0.3 is 25.4 Å². The molecule has 4 N–H and O–H groups in total. The molecule has 6 aromatic rings. The summed E-state index contributed by atoms with van der Waals surface area (Å²) in [5.74, 6) is -2.90. The number of hydrogen-bond donors (Lipinski definition) is 4. The maximum atomic E-state index is 13.3. The van der Waals surface area contributed by atoms with Crippen LogP contribution in [0.3, 0.4) is 0 Å².